The summed E-state index contributed by atoms with van der Waals surface area (Å²) in [5, 5.41) is 3.12. The molecule has 0 amide bonds. The Morgan fingerprint density at radius 3 is 2.50 bits per heavy atom. The van der Waals surface area contributed by atoms with E-state index >= 15 is 0 Å². The van der Waals surface area contributed by atoms with Crippen molar-refractivity contribution < 1.29 is 4.79 Å². The number of allylic oxidation sites excluding steroid dienone is 1. The lowest BCUT2D eigenvalue weighted by atomic mass is 10.0. The summed E-state index contributed by atoms with van der Waals surface area (Å²) in [4.78, 5) is 17.0. The molecule has 4 aromatic rings. The number of carbonyl (C=O) groups excluding carboxylic acids is 1. The van der Waals surface area contributed by atoms with Crippen LogP contribution in [0.15, 0.2) is 85.1 Å². The van der Waals surface area contributed by atoms with Gasteiger partial charge in [0.15, 0.2) is 5.78 Å². The number of hydrogen-bond acceptors (Lipinski definition) is 2. The predicted molar refractivity (Wildman–Crippen MR) is 99.1 cm³/mol. The standard InChI is InChI=1S/C22H15NO/c24-22(20-10-5-8-17-6-1-3-9-19(17)20)13-12-16-14-18-7-2-4-11-21(18)23-15-16/h1-15H/b13-12+. The van der Waals surface area contributed by atoms with Crippen LogP contribution in [-0.2, 0) is 0 Å². The Morgan fingerprint density at radius 1 is 0.833 bits per heavy atom. The van der Waals surface area contributed by atoms with E-state index in [1.165, 1.54) is 0 Å². The second kappa shape index (κ2) is 6.09. The van der Waals surface area contributed by atoms with Gasteiger partial charge in [-0.15, -0.1) is 0 Å². The molecule has 0 saturated heterocycles. The van der Waals surface area contributed by atoms with Crippen molar-refractivity contribution >= 4 is 33.5 Å². The predicted octanol–water partition coefficient (Wildman–Crippen LogP) is 5.28. The van der Waals surface area contributed by atoms with Crippen molar-refractivity contribution in [3.8, 4) is 0 Å². The maximum absolute atomic E-state index is 12.6. The Balaban J connectivity index is 1.68. The minimum atomic E-state index is -0.0000383. The maximum atomic E-state index is 12.6. The molecule has 0 saturated carbocycles. The molecule has 4 rings (SSSR count). The molecule has 0 unspecified atom stereocenters. The fourth-order valence-electron chi connectivity index (χ4n) is 2.88. The number of fused-ring (bicyclic) bond motifs is 2. The van der Waals surface area contributed by atoms with Gasteiger partial charge in [-0.25, -0.2) is 0 Å². The zero-order chi connectivity index (χ0) is 16.4. The summed E-state index contributed by atoms with van der Waals surface area (Å²) in [5.41, 5.74) is 2.59. The molecule has 114 valence electrons. The SMILES string of the molecule is O=C(/C=C/c1cnc2ccccc2c1)c1cccc2ccccc12. The van der Waals surface area contributed by atoms with Crippen LogP contribution in [0, 0.1) is 0 Å². The van der Waals surface area contributed by atoms with Crippen molar-refractivity contribution in [3.05, 3.63) is 96.2 Å². The summed E-state index contributed by atoms with van der Waals surface area (Å²) in [5.74, 6) is -0.0000383. The lowest BCUT2D eigenvalue weighted by Crippen LogP contribution is -1.95. The Kier molecular flexibility index (Phi) is 3.64. The van der Waals surface area contributed by atoms with E-state index in [0.29, 0.717) is 0 Å². The van der Waals surface area contributed by atoms with E-state index in [-0.39, 0.29) is 5.78 Å². The van der Waals surface area contributed by atoms with Crippen LogP contribution in [0.5, 0.6) is 0 Å². The average molecular weight is 309 g/mol. The van der Waals surface area contributed by atoms with Gasteiger partial charge in [-0.1, -0.05) is 60.7 Å². The van der Waals surface area contributed by atoms with Crippen molar-refractivity contribution in [3.63, 3.8) is 0 Å². The normalized spacial score (nSPS) is 11.3. The lowest BCUT2D eigenvalue weighted by Gasteiger charge is -2.03. The van der Waals surface area contributed by atoms with Gasteiger partial charge >= 0.3 is 0 Å². The van der Waals surface area contributed by atoms with E-state index < -0.39 is 0 Å². The first-order chi connectivity index (χ1) is 11.8. The Labute approximate surface area is 140 Å². The van der Waals surface area contributed by atoms with Crippen LogP contribution in [0.1, 0.15) is 15.9 Å². The van der Waals surface area contributed by atoms with Gasteiger partial charge < -0.3 is 0 Å². The number of hydrogen-bond donors (Lipinski definition) is 0. The molecule has 24 heavy (non-hydrogen) atoms. The van der Waals surface area contributed by atoms with Crippen molar-refractivity contribution in [2.24, 2.45) is 0 Å². The summed E-state index contributed by atoms with van der Waals surface area (Å²) in [6.45, 7) is 0. The molecule has 0 N–H and O–H groups in total. The minimum absolute atomic E-state index is 0.0000383. The number of pyridine rings is 1. The molecule has 0 aliphatic heterocycles. The van der Waals surface area contributed by atoms with Gasteiger partial charge in [0.2, 0.25) is 0 Å². The molecule has 1 heterocycles. The van der Waals surface area contributed by atoms with Crippen LogP contribution in [0.25, 0.3) is 27.8 Å². The molecule has 2 nitrogen and oxygen atoms in total. The quantitative estimate of drug-likeness (QED) is 0.380. The van der Waals surface area contributed by atoms with Gasteiger partial charge in [-0.2, -0.15) is 0 Å². The van der Waals surface area contributed by atoms with Crippen LogP contribution in [0.3, 0.4) is 0 Å². The third-order valence-electron chi connectivity index (χ3n) is 4.09. The summed E-state index contributed by atoms with van der Waals surface area (Å²) in [7, 11) is 0. The second-order valence-corrected chi connectivity index (χ2v) is 5.69. The molecular weight excluding hydrogens is 294 g/mol. The number of carbonyl (C=O) groups is 1. The van der Waals surface area contributed by atoms with Crippen molar-refractivity contribution in [2.75, 3.05) is 0 Å². The van der Waals surface area contributed by atoms with E-state index in [4.69, 9.17) is 0 Å². The highest BCUT2D eigenvalue weighted by atomic mass is 16.1. The number of benzene rings is 3. The van der Waals surface area contributed by atoms with Gasteiger partial charge in [-0.05, 0) is 40.6 Å². The molecule has 0 bridgehead atoms. The molecule has 0 aliphatic carbocycles. The summed E-state index contributed by atoms with van der Waals surface area (Å²) in [6, 6.07) is 23.7. The van der Waals surface area contributed by atoms with Crippen LogP contribution in [0.4, 0.5) is 0 Å². The molecule has 0 aliphatic rings. The van der Waals surface area contributed by atoms with Gasteiger partial charge in [0.1, 0.15) is 0 Å². The highest BCUT2D eigenvalue weighted by molar-refractivity contribution is 6.14. The first kappa shape index (κ1) is 14.3. The Bertz CT molecular complexity index is 1070. The number of ketones is 1. The van der Waals surface area contributed by atoms with Gasteiger partial charge in [-0.3, -0.25) is 9.78 Å². The second-order valence-electron chi connectivity index (χ2n) is 5.69. The van der Waals surface area contributed by atoms with E-state index in [0.717, 1.165) is 32.8 Å². The minimum Gasteiger partial charge on any atom is -0.289 e. The first-order valence-electron chi connectivity index (χ1n) is 7.86. The van der Waals surface area contributed by atoms with Crippen LogP contribution in [0.2, 0.25) is 0 Å². The topological polar surface area (TPSA) is 30.0 Å². The van der Waals surface area contributed by atoms with Gasteiger partial charge in [0.25, 0.3) is 0 Å². The summed E-state index contributed by atoms with van der Waals surface area (Å²) >= 11 is 0. The van der Waals surface area contributed by atoms with E-state index in [2.05, 4.69) is 4.98 Å². The molecule has 2 heteroatoms. The largest absolute Gasteiger partial charge is 0.289 e. The summed E-state index contributed by atoms with van der Waals surface area (Å²) < 4.78 is 0. The zero-order valence-electron chi connectivity index (χ0n) is 13.0. The highest BCUT2D eigenvalue weighted by Crippen LogP contribution is 2.20. The first-order valence-corrected chi connectivity index (χ1v) is 7.86. The third kappa shape index (κ3) is 2.70. The van der Waals surface area contributed by atoms with E-state index in [9.17, 15) is 4.79 Å². The van der Waals surface area contributed by atoms with E-state index in [1.807, 2.05) is 78.9 Å². The van der Waals surface area contributed by atoms with Crippen LogP contribution < -0.4 is 0 Å². The molecule has 1 aromatic heterocycles. The lowest BCUT2D eigenvalue weighted by molar-refractivity contribution is 0.104. The van der Waals surface area contributed by atoms with Gasteiger partial charge in [0, 0.05) is 17.1 Å². The average Bonchev–Trinajstić information content (AvgIpc) is 2.65. The smallest absolute Gasteiger partial charge is 0.186 e. The van der Waals surface area contributed by atoms with Crippen molar-refractivity contribution in [1.29, 1.82) is 0 Å². The van der Waals surface area contributed by atoms with Crippen LogP contribution in [-0.4, -0.2) is 10.8 Å². The van der Waals surface area contributed by atoms with Gasteiger partial charge in [0.05, 0.1) is 5.52 Å². The molecule has 0 spiro atoms. The molecule has 3 aromatic carbocycles. The molecular formula is C22H15NO. The summed E-state index contributed by atoms with van der Waals surface area (Å²) in [6.07, 6.45) is 5.23. The molecule has 0 radical (unpaired) electrons. The molecule has 0 atom stereocenters. The Morgan fingerprint density at radius 2 is 1.58 bits per heavy atom. The number of para-hydroxylation sites is 1. The maximum Gasteiger partial charge on any atom is 0.186 e. The zero-order valence-corrected chi connectivity index (χ0v) is 13.0. The highest BCUT2D eigenvalue weighted by Gasteiger charge is 2.06. The third-order valence-corrected chi connectivity index (χ3v) is 4.09. The number of nitrogens with zero attached hydrogens (tertiary/aromatic N) is 1. The fraction of sp³-hybridized carbons (Fsp3) is 0. The van der Waals surface area contributed by atoms with E-state index in [1.54, 1.807) is 12.3 Å². The number of rotatable bonds is 3. The fourth-order valence-corrected chi connectivity index (χ4v) is 2.88. The number of aromatic nitrogens is 1. The monoisotopic (exact) mass is 309 g/mol. The van der Waals surface area contributed by atoms with Crippen LogP contribution >= 0.6 is 0 Å². The molecule has 0 fully saturated rings. The Hall–Kier alpha value is -3.26. The van der Waals surface area contributed by atoms with Crippen molar-refractivity contribution in [2.45, 2.75) is 0 Å². The van der Waals surface area contributed by atoms with Crippen molar-refractivity contribution in [1.82, 2.24) is 4.98 Å².